The van der Waals surface area contributed by atoms with Crippen molar-refractivity contribution in [1.82, 2.24) is 20.9 Å². The number of hydrogen-bond acceptors (Lipinski definition) is 6. The van der Waals surface area contributed by atoms with Crippen molar-refractivity contribution >= 4 is 17.7 Å². The van der Waals surface area contributed by atoms with E-state index in [1.165, 1.54) is 0 Å². The fraction of sp³-hybridized carbons (Fsp3) is 0.500. The van der Waals surface area contributed by atoms with Crippen LogP contribution in [0, 0.1) is 0 Å². The minimum absolute atomic E-state index is 0.163. The highest BCUT2D eigenvalue weighted by Gasteiger charge is 2.39. The Bertz CT molecular complexity index is 774. The Labute approximate surface area is 150 Å². The number of rotatable bonds is 5. The molecule has 1 unspecified atom stereocenters. The molecular formula is C18H22N4O4. The summed E-state index contributed by atoms with van der Waals surface area (Å²) in [5.74, 6) is -0.845. The molecule has 1 aromatic carbocycles. The van der Waals surface area contributed by atoms with Crippen LogP contribution in [0.4, 0.5) is 0 Å². The van der Waals surface area contributed by atoms with Gasteiger partial charge in [-0.1, -0.05) is 12.1 Å². The van der Waals surface area contributed by atoms with Gasteiger partial charge in [0, 0.05) is 44.7 Å². The first kappa shape index (κ1) is 17.1. The molecule has 2 fully saturated rings. The van der Waals surface area contributed by atoms with E-state index in [1.807, 2.05) is 12.1 Å². The number of carbonyl (C=O) groups excluding carboxylic acids is 3. The first-order valence-corrected chi connectivity index (χ1v) is 8.85. The molecule has 0 spiro atoms. The van der Waals surface area contributed by atoms with Gasteiger partial charge in [0.2, 0.25) is 11.8 Å². The van der Waals surface area contributed by atoms with E-state index in [0.717, 1.165) is 11.1 Å². The number of fused-ring (bicyclic) bond motifs is 1. The molecule has 2 saturated heterocycles. The van der Waals surface area contributed by atoms with E-state index >= 15 is 0 Å². The number of carbonyl (C=O) groups is 3. The second kappa shape index (κ2) is 6.46. The van der Waals surface area contributed by atoms with Gasteiger partial charge in [0.1, 0.15) is 11.6 Å². The number of piperidine rings is 1. The molecule has 3 amide bonds. The topological polar surface area (TPSA) is 111 Å². The van der Waals surface area contributed by atoms with Gasteiger partial charge in [-0.05, 0) is 23.6 Å². The van der Waals surface area contributed by atoms with E-state index in [-0.39, 0.29) is 18.2 Å². The minimum atomic E-state index is -0.671. The molecule has 8 nitrogen and oxygen atoms in total. The zero-order valence-corrected chi connectivity index (χ0v) is 14.4. The Hall–Kier alpha value is -2.29. The first-order valence-electron chi connectivity index (χ1n) is 8.85. The SMILES string of the molecule is O=C1CCC(N2Cc3cc(CNCC4(O)CNC4)ccc3C2=O)C(=O)N1. The largest absolute Gasteiger partial charge is 0.386 e. The van der Waals surface area contributed by atoms with E-state index in [2.05, 4.69) is 16.0 Å². The molecule has 0 aromatic heterocycles. The van der Waals surface area contributed by atoms with Crippen LogP contribution in [0.1, 0.15) is 34.3 Å². The van der Waals surface area contributed by atoms with Gasteiger partial charge in [0.05, 0.1) is 0 Å². The van der Waals surface area contributed by atoms with Gasteiger partial charge in [-0.3, -0.25) is 19.7 Å². The number of benzene rings is 1. The Morgan fingerprint density at radius 3 is 2.77 bits per heavy atom. The Morgan fingerprint density at radius 1 is 1.27 bits per heavy atom. The third-order valence-corrected chi connectivity index (χ3v) is 5.28. The molecule has 1 atom stereocenters. The van der Waals surface area contributed by atoms with Crippen LogP contribution in [-0.2, 0) is 22.7 Å². The van der Waals surface area contributed by atoms with Crippen LogP contribution in [0.15, 0.2) is 18.2 Å². The van der Waals surface area contributed by atoms with Crippen LogP contribution < -0.4 is 16.0 Å². The highest BCUT2D eigenvalue weighted by Crippen LogP contribution is 2.28. The zero-order chi connectivity index (χ0) is 18.3. The van der Waals surface area contributed by atoms with Crippen molar-refractivity contribution in [2.24, 2.45) is 0 Å². The molecule has 3 aliphatic rings. The molecule has 0 radical (unpaired) electrons. The molecule has 3 aliphatic heterocycles. The van der Waals surface area contributed by atoms with Crippen molar-refractivity contribution in [3.63, 3.8) is 0 Å². The van der Waals surface area contributed by atoms with Crippen LogP contribution in [0.25, 0.3) is 0 Å². The summed E-state index contributed by atoms with van der Waals surface area (Å²) in [6, 6.07) is 5.06. The number of nitrogens with one attached hydrogen (secondary N) is 3. The van der Waals surface area contributed by atoms with Crippen LogP contribution in [0.2, 0.25) is 0 Å². The van der Waals surface area contributed by atoms with Crippen molar-refractivity contribution in [3.05, 3.63) is 34.9 Å². The summed E-state index contributed by atoms with van der Waals surface area (Å²) >= 11 is 0. The number of imide groups is 1. The van der Waals surface area contributed by atoms with Gasteiger partial charge in [-0.15, -0.1) is 0 Å². The molecule has 0 bridgehead atoms. The van der Waals surface area contributed by atoms with E-state index in [1.54, 1.807) is 11.0 Å². The third-order valence-electron chi connectivity index (χ3n) is 5.28. The lowest BCUT2D eigenvalue weighted by Crippen LogP contribution is -2.64. The van der Waals surface area contributed by atoms with Gasteiger partial charge < -0.3 is 20.6 Å². The zero-order valence-electron chi connectivity index (χ0n) is 14.4. The second-order valence-electron chi connectivity index (χ2n) is 7.32. The maximum absolute atomic E-state index is 12.6. The smallest absolute Gasteiger partial charge is 0.255 e. The standard InChI is InChI=1S/C18H22N4O4/c23-15-4-3-14(16(24)21-15)22-7-12-5-11(1-2-13(12)17(22)25)6-19-8-18(26)9-20-10-18/h1-2,5,14,19-20,26H,3-4,6-10H2,(H,21,23,24). The fourth-order valence-corrected chi connectivity index (χ4v) is 3.72. The molecule has 26 heavy (non-hydrogen) atoms. The molecule has 138 valence electrons. The monoisotopic (exact) mass is 358 g/mol. The maximum Gasteiger partial charge on any atom is 0.255 e. The van der Waals surface area contributed by atoms with Crippen molar-refractivity contribution < 1.29 is 19.5 Å². The number of hydrogen-bond donors (Lipinski definition) is 4. The summed E-state index contributed by atoms with van der Waals surface area (Å²) in [7, 11) is 0. The molecule has 0 aliphatic carbocycles. The van der Waals surface area contributed by atoms with Crippen LogP contribution in [0.3, 0.4) is 0 Å². The normalized spacial score (nSPS) is 24.3. The molecule has 4 rings (SSSR count). The number of β-amino-alcohol motifs (C(OH)–C–C–N with tert-alkyl or cyclic N) is 1. The average molecular weight is 358 g/mol. The Morgan fingerprint density at radius 2 is 2.08 bits per heavy atom. The highest BCUT2D eigenvalue weighted by atomic mass is 16.3. The van der Waals surface area contributed by atoms with E-state index < -0.39 is 17.6 Å². The third kappa shape index (κ3) is 3.11. The summed E-state index contributed by atoms with van der Waals surface area (Å²) in [6.07, 6.45) is 0.620. The van der Waals surface area contributed by atoms with Gasteiger partial charge >= 0.3 is 0 Å². The van der Waals surface area contributed by atoms with Gasteiger partial charge in [-0.25, -0.2) is 0 Å². The van der Waals surface area contributed by atoms with Crippen LogP contribution in [0.5, 0.6) is 0 Å². The lowest BCUT2D eigenvalue weighted by molar-refractivity contribution is -0.136. The predicted molar refractivity (Wildman–Crippen MR) is 92.0 cm³/mol. The van der Waals surface area contributed by atoms with Crippen molar-refractivity contribution in [2.45, 2.75) is 37.6 Å². The average Bonchev–Trinajstić information content (AvgIpc) is 2.89. The minimum Gasteiger partial charge on any atom is -0.386 e. The van der Waals surface area contributed by atoms with Crippen LogP contribution in [-0.4, -0.2) is 59.0 Å². The van der Waals surface area contributed by atoms with Crippen molar-refractivity contribution in [2.75, 3.05) is 19.6 Å². The molecule has 8 heteroatoms. The molecule has 1 aromatic rings. The first-order chi connectivity index (χ1) is 12.5. The summed E-state index contributed by atoms with van der Waals surface area (Å²) in [5, 5.41) is 18.7. The van der Waals surface area contributed by atoms with Crippen LogP contribution >= 0.6 is 0 Å². The number of aliphatic hydroxyl groups is 1. The van der Waals surface area contributed by atoms with Gasteiger partial charge in [0.15, 0.2) is 0 Å². The lowest BCUT2D eigenvalue weighted by atomic mass is 9.97. The van der Waals surface area contributed by atoms with Gasteiger partial charge in [0.25, 0.3) is 5.91 Å². The van der Waals surface area contributed by atoms with Gasteiger partial charge in [-0.2, -0.15) is 0 Å². The molecule has 4 N–H and O–H groups in total. The fourth-order valence-electron chi connectivity index (χ4n) is 3.72. The summed E-state index contributed by atoms with van der Waals surface area (Å²) in [5.41, 5.74) is 1.86. The number of amides is 3. The second-order valence-corrected chi connectivity index (χ2v) is 7.32. The molecular weight excluding hydrogens is 336 g/mol. The van der Waals surface area contributed by atoms with E-state index in [0.29, 0.717) is 44.7 Å². The van der Waals surface area contributed by atoms with E-state index in [4.69, 9.17) is 0 Å². The summed E-state index contributed by atoms with van der Waals surface area (Å²) < 4.78 is 0. The van der Waals surface area contributed by atoms with Crippen molar-refractivity contribution in [3.8, 4) is 0 Å². The molecule has 3 heterocycles. The number of nitrogens with zero attached hydrogens (tertiary/aromatic N) is 1. The quantitative estimate of drug-likeness (QED) is 0.496. The highest BCUT2D eigenvalue weighted by molar-refractivity contribution is 6.05. The van der Waals surface area contributed by atoms with Crippen molar-refractivity contribution in [1.29, 1.82) is 0 Å². The molecule has 0 saturated carbocycles. The summed E-state index contributed by atoms with van der Waals surface area (Å²) in [4.78, 5) is 37.6. The van der Waals surface area contributed by atoms with E-state index in [9.17, 15) is 19.5 Å². The Balaban J connectivity index is 1.41. The lowest BCUT2D eigenvalue weighted by Gasteiger charge is -2.37. The maximum atomic E-state index is 12.6. The summed E-state index contributed by atoms with van der Waals surface area (Å²) in [6.45, 7) is 2.68. The Kier molecular flexibility index (Phi) is 4.26. The predicted octanol–water partition coefficient (Wildman–Crippen LogP) is -1.13.